The molecule has 4 heteroatoms. The van der Waals surface area contributed by atoms with Crippen LogP contribution in [0.4, 0.5) is 0 Å². The lowest BCUT2D eigenvalue weighted by atomic mass is 9.66. The molecule has 0 saturated heterocycles. The molecule has 0 spiro atoms. The molecule has 0 aromatic heterocycles. The van der Waals surface area contributed by atoms with Crippen LogP contribution in [0.5, 0.6) is 0 Å². The number of carbonyl (C=O) groups excluding carboxylic acids is 2. The molecule has 0 bridgehead atoms. The molecule has 0 aliphatic heterocycles. The minimum absolute atomic E-state index is 0.0742. The Morgan fingerprint density at radius 3 is 0.774 bits per heavy atom. The highest BCUT2D eigenvalue weighted by Gasteiger charge is 2.53. The Morgan fingerprint density at radius 1 is 0.321 bits per heavy atom. The number of carbonyl (C=O) groups is 2. The van der Waals surface area contributed by atoms with E-state index in [1.54, 1.807) is 12.2 Å². The predicted octanol–water partition coefficient (Wildman–Crippen LogP) is 22.0. The highest BCUT2D eigenvalue weighted by atomic mass is 16.3. The Hall–Kier alpha value is -6.46. The van der Waals surface area contributed by atoms with Crippen molar-refractivity contribution in [3.8, 4) is 0 Å². The lowest BCUT2D eigenvalue weighted by Gasteiger charge is -2.35. The van der Waals surface area contributed by atoms with Gasteiger partial charge in [-0.25, -0.2) is 0 Å². The minimum Gasteiger partial charge on any atom is -0.393 e. The van der Waals surface area contributed by atoms with Gasteiger partial charge in [-0.1, -0.05) is 291 Å². The number of rotatable bonds is 28. The van der Waals surface area contributed by atoms with Gasteiger partial charge >= 0.3 is 0 Å². The molecule has 0 radical (unpaired) electrons. The molecule has 84 heavy (non-hydrogen) atoms. The Morgan fingerprint density at radius 2 is 0.548 bits per heavy atom. The number of hydrogen-bond acceptors (Lipinski definition) is 4. The molecule has 2 saturated carbocycles. The van der Waals surface area contributed by atoms with Crippen molar-refractivity contribution in [2.24, 2.45) is 21.7 Å². The summed E-state index contributed by atoms with van der Waals surface area (Å²) in [6, 6.07) is 0. The summed E-state index contributed by atoms with van der Waals surface area (Å²) in [6.45, 7) is 41.7. The minimum atomic E-state index is -0.542. The highest BCUT2D eigenvalue weighted by molar-refractivity contribution is 5.96. The molecule has 4 nitrogen and oxygen atoms in total. The van der Waals surface area contributed by atoms with Crippen molar-refractivity contribution >= 4 is 11.6 Å². The fourth-order valence-electron chi connectivity index (χ4n) is 9.67. The second kappa shape index (κ2) is 39.2. The van der Waals surface area contributed by atoms with Gasteiger partial charge in [0.25, 0.3) is 0 Å². The van der Waals surface area contributed by atoms with Gasteiger partial charge in [0.1, 0.15) is 0 Å². The van der Waals surface area contributed by atoms with Crippen LogP contribution in [-0.4, -0.2) is 34.0 Å². The summed E-state index contributed by atoms with van der Waals surface area (Å²) in [5.41, 5.74) is 13.1. The van der Waals surface area contributed by atoms with E-state index in [0.29, 0.717) is 25.7 Å². The normalized spacial score (nSPS) is 23.0. The molecule has 0 amide bonds. The van der Waals surface area contributed by atoms with Gasteiger partial charge in [-0.3, -0.25) is 9.59 Å². The molecule has 456 valence electrons. The van der Waals surface area contributed by atoms with E-state index in [1.807, 2.05) is 114 Å². The second-order valence-electron chi connectivity index (χ2n) is 25.8. The molecule has 0 heterocycles. The van der Waals surface area contributed by atoms with Crippen LogP contribution in [0.1, 0.15) is 190 Å². The average molecular weight is 1140 g/mol. The van der Waals surface area contributed by atoms with E-state index in [9.17, 15) is 19.8 Å². The van der Waals surface area contributed by atoms with Gasteiger partial charge in [-0.2, -0.15) is 0 Å². The van der Waals surface area contributed by atoms with Crippen LogP contribution in [-0.2, 0) is 9.59 Å². The van der Waals surface area contributed by atoms with E-state index in [-0.39, 0.29) is 22.4 Å². The third-order valence-corrected chi connectivity index (χ3v) is 16.0. The summed E-state index contributed by atoms with van der Waals surface area (Å²) in [5.74, 6) is 0.148. The highest BCUT2D eigenvalue weighted by Crippen LogP contribution is 2.54. The zero-order chi connectivity index (χ0) is 63.5. The first-order valence-electron chi connectivity index (χ1n) is 30.5. The monoisotopic (exact) mass is 1140 g/mol. The lowest BCUT2D eigenvalue weighted by Crippen LogP contribution is -2.36. The summed E-state index contributed by atoms with van der Waals surface area (Å²) in [5, 5.41) is 20.2. The Kier molecular flexibility index (Phi) is 35.3. The Labute approximate surface area is 513 Å². The van der Waals surface area contributed by atoms with E-state index in [4.69, 9.17) is 0 Å². The molecule has 2 rings (SSSR count). The summed E-state index contributed by atoms with van der Waals surface area (Å²) < 4.78 is 0. The van der Waals surface area contributed by atoms with E-state index in [2.05, 4.69) is 206 Å². The van der Waals surface area contributed by atoms with Crippen LogP contribution in [0, 0.1) is 21.7 Å². The topological polar surface area (TPSA) is 74.6 Å². The first kappa shape index (κ1) is 75.6. The second-order valence-corrected chi connectivity index (χ2v) is 25.8. The van der Waals surface area contributed by atoms with Gasteiger partial charge < -0.3 is 10.2 Å². The zero-order valence-electron chi connectivity index (χ0n) is 56.0. The van der Waals surface area contributed by atoms with Crippen LogP contribution in [0.3, 0.4) is 0 Å². The van der Waals surface area contributed by atoms with Crippen molar-refractivity contribution in [2.45, 2.75) is 202 Å². The average Bonchev–Trinajstić information content (AvgIpc) is 3.95. The molecule has 0 aromatic carbocycles. The van der Waals surface area contributed by atoms with Gasteiger partial charge in [-0.15, -0.1) is 0 Å². The van der Waals surface area contributed by atoms with Crippen molar-refractivity contribution in [1.29, 1.82) is 0 Å². The van der Waals surface area contributed by atoms with Crippen LogP contribution in [0.15, 0.2) is 261 Å². The van der Waals surface area contributed by atoms with E-state index in [1.165, 1.54) is 44.6 Å². The van der Waals surface area contributed by atoms with Gasteiger partial charge in [0, 0.05) is 10.8 Å². The van der Waals surface area contributed by atoms with E-state index in [0.717, 1.165) is 48.0 Å². The largest absolute Gasteiger partial charge is 0.393 e. The predicted molar refractivity (Wildman–Crippen MR) is 371 cm³/mol. The Balaban J connectivity index is 0.000000845. The maximum absolute atomic E-state index is 12.9. The number of hydrogen-bond donors (Lipinski definition) is 2. The Bertz CT molecular complexity index is 2680. The molecule has 0 unspecified atom stereocenters. The maximum atomic E-state index is 12.9. The summed E-state index contributed by atoms with van der Waals surface area (Å²) in [7, 11) is 0. The standard InChI is InChI=1S/C40H56O4.C40H56/c1-29(17-13-19-31(3)21-23-35(43)39(9)27-33(41)25-37(39,5)6)15-11-12-16-30(2)18-14-20-32(4)22-24-36(44)40(10)28-34(42)26-38(40,7)8;1-33(2)19-13-23-37(7)27-17-31-39(9)29-15-25-35(5)21-11-12-22-36(6)26-16-30-40(10)32-18-28-38(8)24-14-20-34(3)4/h11-24,33-34,41-42H,25-28H2,1-10H3;11-12,15-22,25-32H,13-14,23-24H2,1-10H3/b12-11+,17-13+,18-14+,23-21+,24-22+,29-15+,30-16+,31-19+,32-20+;12-11+,25-15+,26-16+,31-17+,32-18+,35-21+,36-22+,37-27+,38-28+,39-29+,40-30+/t33-,34-,39-,40-;/m0./s1. The van der Waals surface area contributed by atoms with Crippen LogP contribution in [0.25, 0.3) is 0 Å². The molecule has 2 aliphatic rings. The summed E-state index contributed by atoms with van der Waals surface area (Å²) in [6.07, 6.45) is 71.9. The molecule has 0 aromatic rings. The SMILES string of the molecule is CC(/C=C/C=C(C)/C=C/C(=O)[C@]1(C)C[C@@H](O)CC1(C)C)=C\C=C\C=C(C)\C=C\C=C(C)\C=C\C(=O)[C@]1(C)C[C@@H](O)CC1(C)C.CC(C)=CCC/C(C)=C/C=C/C(C)=C/C=C/C(C)=C/C=C/C=C(C)/C=C/C=C(C)/C=C/C=C(\C)CCC=C(C)C. The number of aliphatic hydroxyl groups excluding tert-OH is 2. The lowest BCUT2D eigenvalue weighted by molar-refractivity contribution is -0.128. The van der Waals surface area contributed by atoms with E-state index >= 15 is 0 Å². The van der Waals surface area contributed by atoms with Crippen molar-refractivity contribution in [1.82, 2.24) is 0 Å². The van der Waals surface area contributed by atoms with Crippen LogP contribution < -0.4 is 0 Å². The fourth-order valence-corrected chi connectivity index (χ4v) is 9.67. The van der Waals surface area contributed by atoms with Crippen LogP contribution >= 0.6 is 0 Å². The molecule has 2 N–H and O–H groups in total. The quantitative estimate of drug-likeness (QED) is 0.0465. The van der Waals surface area contributed by atoms with Gasteiger partial charge in [0.05, 0.1) is 12.2 Å². The molecule has 2 fully saturated rings. The van der Waals surface area contributed by atoms with Crippen molar-refractivity contribution in [2.75, 3.05) is 0 Å². The third kappa shape index (κ3) is 31.4. The van der Waals surface area contributed by atoms with E-state index < -0.39 is 23.0 Å². The van der Waals surface area contributed by atoms with Crippen molar-refractivity contribution in [3.63, 3.8) is 0 Å². The molecular formula is C80H112O4. The summed E-state index contributed by atoms with van der Waals surface area (Å²) in [4.78, 5) is 25.9. The van der Waals surface area contributed by atoms with Gasteiger partial charge in [0.15, 0.2) is 11.6 Å². The molecule has 2 aliphatic carbocycles. The first-order chi connectivity index (χ1) is 39.3. The number of aliphatic hydroxyl groups is 2. The van der Waals surface area contributed by atoms with Crippen LogP contribution in [0.2, 0.25) is 0 Å². The third-order valence-electron chi connectivity index (χ3n) is 16.0. The zero-order valence-corrected chi connectivity index (χ0v) is 56.0. The first-order valence-corrected chi connectivity index (χ1v) is 30.5. The maximum Gasteiger partial charge on any atom is 0.162 e. The van der Waals surface area contributed by atoms with Crippen molar-refractivity contribution in [3.05, 3.63) is 261 Å². The fraction of sp³-hybridized carbons (Fsp3) is 0.425. The number of allylic oxidation sites excluding steroid dienone is 44. The van der Waals surface area contributed by atoms with Crippen molar-refractivity contribution < 1.29 is 19.8 Å². The smallest absolute Gasteiger partial charge is 0.162 e. The van der Waals surface area contributed by atoms with Gasteiger partial charge in [0.2, 0.25) is 0 Å². The summed E-state index contributed by atoms with van der Waals surface area (Å²) >= 11 is 0. The molecule has 4 atom stereocenters. The molecular weight excluding hydrogens is 1020 g/mol. The van der Waals surface area contributed by atoms with Gasteiger partial charge in [-0.05, 0) is 171 Å². The number of ketones is 2.